The molecule has 0 spiro atoms. The first-order valence-corrected chi connectivity index (χ1v) is 13.2. The van der Waals surface area contributed by atoms with Crippen molar-refractivity contribution in [3.05, 3.63) is 42.4 Å². The molecule has 2 saturated heterocycles. The number of likely N-dealkylation sites (tertiary alicyclic amines) is 1. The second kappa shape index (κ2) is 9.71. The minimum atomic E-state index is -0.723. The van der Waals surface area contributed by atoms with Crippen molar-refractivity contribution in [2.75, 3.05) is 24.2 Å². The second-order valence-corrected chi connectivity index (χ2v) is 10.4. The lowest BCUT2D eigenvalue weighted by molar-refractivity contribution is -0.146. The largest absolute Gasteiger partial charge is 0.383 e. The number of hydrogen-bond donors (Lipinski definition) is 2. The summed E-state index contributed by atoms with van der Waals surface area (Å²) in [5.41, 5.74) is 8.95. The first-order chi connectivity index (χ1) is 18.4. The van der Waals surface area contributed by atoms with Gasteiger partial charge in [-0.3, -0.25) is 14.3 Å². The smallest absolute Gasteiger partial charge is 0.314 e. The number of anilines is 2. The summed E-state index contributed by atoms with van der Waals surface area (Å²) in [4.78, 5) is 32.9. The molecule has 38 heavy (non-hydrogen) atoms. The molecule has 0 radical (unpaired) electrons. The summed E-state index contributed by atoms with van der Waals surface area (Å²) in [6.45, 7) is 3.28. The van der Waals surface area contributed by atoms with Crippen LogP contribution in [0.5, 0.6) is 0 Å². The number of carbonyl (C=O) groups is 2. The van der Waals surface area contributed by atoms with Crippen LogP contribution in [0.2, 0.25) is 0 Å². The molecule has 2 fully saturated rings. The average Bonchev–Trinajstić information content (AvgIpc) is 3.56. The highest BCUT2D eigenvalue weighted by atomic mass is 16.5. The lowest BCUT2D eigenvalue weighted by Gasteiger charge is -2.38. The summed E-state index contributed by atoms with van der Waals surface area (Å²) < 4.78 is 9.40. The van der Waals surface area contributed by atoms with Gasteiger partial charge in [0.15, 0.2) is 0 Å². The number of hydrogen-bond acceptors (Lipinski definition) is 7. The Hall–Kier alpha value is -3.99. The van der Waals surface area contributed by atoms with Crippen molar-refractivity contribution in [3.63, 3.8) is 0 Å². The normalized spacial score (nSPS) is 22.2. The lowest BCUT2D eigenvalue weighted by Crippen LogP contribution is -2.46. The van der Waals surface area contributed by atoms with E-state index in [2.05, 4.69) is 27.4 Å². The molecule has 2 amide bonds. The van der Waals surface area contributed by atoms with Crippen LogP contribution in [0.1, 0.15) is 56.9 Å². The van der Waals surface area contributed by atoms with E-state index in [1.54, 1.807) is 15.8 Å². The highest BCUT2D eigenvalue weighted by molar-refractivity contribution is 6.40. The number of ether oxygens (including phenoxy) is 1. The van der Waals surface area contributed by atoms with Crippen molar-refractivity contribution < 1.29 is 14.3 Å². The van der Waals surface area contributed by atoms with E-state index in [1.165, 1.54) is 6.20 Å². The van der Waals surface area contributed by atoms with E-state index >= 15 is 0 Å². The molecule has 2 aliphatic rings. The van der Waals surface area contributed by atoms with Crippen LogP contribution in [0, 0.1) is 5.92 Å². The van der Waals surface area contributed by atoms with Crippen LogP contribution in [-0.4, -0.2) is 54.4 Å². The van der Waals surface area contributed by atoms with E-state index in [4.69, 9.17) is 10.5 Å². The number of nitrogens with two attached hydrogens (primary N) is 1. The number of rotatable bonds is 3. The number of nitrogen functional groups attached to an aromatic ring is 1. The highest BCUT2D eigenvalue weighted by Gasteiger charge is 2.35. The van der Waals surface area contributed by atoms with Crippen LogP contribution in [0.3, 0.4) is 0 Å². The van der Waals surface area contributed by atoms with E-state index in [0.717, 1.165) is 48.6 Å². The topological polar surface area (TPSA) is 133 Å². The van der Waals surface area contributed by atoms with Gasteiger partial charge in [-0.05, 0) is 49.7 Å². The van der Waals surface area contributed by atoms with Gasteiger partial charge in [-0.1, -0.05) is 19.1 Å². The Morgan fingerprint density at radius 2 is 2.00 bits per heavy atom. The van der Waals surface area contributed by atoms with Gasteiger partial charge in [-0.2, -0.15) is 10.2 Å². The quantitative estimate of drug-likeness (QED) is 0.398. The standard InChI is InChI=1S/C27H32N8O3/c1-16-9-10-22(17-6-5-7-21-18(17)12-30-33(21)2)34(14-16)27(37)26(36)31-20-13-29-25(28)19-15-35(32-24(19)20)23-8-3-4-11-38-23/h5-7,12-13,15-16,22-23H,3-4,8-11,14H2,1-2H3,(H2,28,29)(H,31,36)/t16-,22?,23?/m0/s1. The van der Waals surface area contributed by atoms with Gasteiger partial charge in [0, 0.05) is 31.8 Å². The molecule has 11 heteroatoms. The van der Waals surface area contributed by atoms with Crippen molar-refractivity contribution >= 4 is 45.1 Å². The number of aromatic nitrogens is 5. The molecule has 2 unspecified atom stereocenters. The number of pyridine rings is 1. The number of amides is 2. The number of benzene rings is 1. The molecule has 11 nitrogen and oxygen atoms in total. The molecule has 3 aromatic heterocycles. The zero-order valence-electron chi connectivity index (χ0n) is 21.6. The maximum absolute atomic E-state index is 13.6. The molecule has 0 saturated carbocycles. The van der Waals surface area contributed by atoms with Crippen LogP contribution in [-0.2, 0) is 21.4 Å². The van der Waals surface area contributed by atoms with Crippen LogP contribution in [0.15, 0.2) is 36.8 Å². The monoisotopic (exact) mass is 516 g/mol. The fourth-order valence-corrected chi connectivity index (χ4v) is 5.71. The molecule has 2 aliphatic heterocycles. The molecule has 4 aromatic rings. The highest BCUT2D eigenvalue weighted by Crippen LogP contribution is 2.37. The average molecular weight is 517 g/mol. The third-order valence-electron chi connectivity index (χ3n) is 7.75. The van der Waals surface area contributed by atoms with Crippen LogP contribution in [0.25, 0.3) is 21.8 Å². The predicted molar refractivity (Wildman–Crippen MR) is 143 cm³/mol. The number of nitrogens with one attached hydrogen (secondary N) is 1. The molecule has 1 aromatic carbocycles. The van der Waals surface area contributed by atoms with E-state index in [1.807, 2.05) is 36.1 Å². The fraction of sp³-hybridized carbons (Fsp3) is 0.444. The summed E-state index contributed by atoms with van der Waals surface area (Å²) in [7, 11) is 1.90. The molecule has 5 heterocycles. The summed E-state index contributed by atoms with van der Waals surface area (Å²) >= 11 is 0. The molecule has 198 valence electrons. The van der Waals surface area contributed by atoms with Gasteiger partial charge in [0.1, 0.15) is 17.6 Å². The Balaban J connectivity index is 1.29. The molecular weight excluding hydrogens is 484 g/mol. The first kappa shape index (κ1) is 24.4. The Morgan fingerprint density at radius 1 is 1.13 bits per heavy atom. The molecule has 3 N–H and O–H groups in total. The number of aryl methyl sites for hydroxylation is 1. The Labute approximate surface area is 219 Å². The Morgan fingerprint density at radius 3 is 2.82 bits per heavy atom. The minimum Gasteiger partial charge on any atom is -0.383 e. The summed E-state index contributed by atoms with van der Waals surface area (Å²) in [6, 6.07) is 5.79. The van der Waals surface area contributed by atoms with Gasteiger partial charge in [0.05, 0.1) is 35.0 Å². The van der Waals surface area contributed by atoms with Gasteiger partial charge in [-0.25, -0.2) is 9.67 Å². The zero-order valence-corrected chi connectivity index (χ0v) is 21.6. The minimum absolute atomic E-state index is 0.188. The van der Waals surface area contributed by atoms with E-state index in [0.29, 0.717) is 35.6 Å². The first-order valence-electron chi connectivity index (χ1n) is 13.2. The number of carbonyl (C=O) groups excluding carboxylic acids is 2. The number of piperidine rings is 1. The maximum Gasteiger partial charge on any atom is 0.314 e. The lowest BCUT2D eigenvalue weighted by atomic mass is 9.88. The SMILES string of the molecule is C[C@H]1CCC(c2cccc3c2cnn3C)N(C(=O)C(=O)Nc2cnc(N)c3cn(C4CCCCO4)nc23)C1. The van der Waals surface area contributed by atoms with Crippen molar-refractivity contribution in [1.29, 1.82) is 0 Å². The fourth-order valence-electron chi connectivity index (χ4n) is 5.71. The van der Waals surface area contributed by atoms with Crippen molar-refractivity contribution in [2.24, 2.45) is 13.0 Å². The Kier molecular flexibility index (Phi) is 6.22. The predicted octanol–water partition coefficient (Wildman–Crippen LogP) is 3.54. The third kappa shape index (κ3) is 4.26. The molecule has 6 rings (SSSR count). The van der Waals surface area contributed by atoms with Crippen LogP contribution < -0.4 is 11.1 Å². The van der Waals surface area contributed by atoms with E-state index < -0.39 is 11.8 Å². The van der Waals surface area contributed by atoms with E-state index in [9.17, 15) is 9.59 Å². The number of nitrogens with zero attached hydrogens (tertiary/aromatic N) is 6. The summed E-state index contributed by atoms with van der Waals surface area (Å²) in [5.74, 6) is -0.714. The molecule has 0 aliphatic carbocycles. The zero-order chi connectivity index (χ0) is 26.4. The third-order valence-corrected chi connectivity index (χ3v) is 7.75. The van der Waals surface area contributed by atoms with Gasteiger partial charge in [-0.15, -0.1) is 0 Å². The summed E-state index contributed by atoms with van der Waals surface area (Å²) in [5, 5.41) is 13.4. The van der Waals surface area contributed by atoms with Gasteiger partial charge in [0.2, 0.25) is 0 Å². The Bertz CT molecular complexity index is 1520. The van der Waals surface area contributed by atoms with Gasteiger partial charge >= 0.3 is 11.8 Å². The van der Waals surface area contributed by atoms with Gasteiger partial charge < -0.3 is 20.7 Å². The van der Waals surface area contributed by atoms with E-state index in [-0.39, 0.29) is 18.2 Å². The maximum atomic E-state index is 13.6. The van der Waals surface area contributed by atoms with Crippen molar-refractivity contribution in [2.45, 2.75) is 51.3 Å². The van der Waals surface area contributed by atoms with Crippen molar-refractivity contribution in [1.82, 2.24) is 29.4 Å². The van der Waals surface area contributed by atoms with Crippen molar-refractivity contribution in [3.8, 4) is 0 Å². The molecule has 3 atom stereocenters. The summed E-state index contributed by atoms with van der Waals surface area (Å²) in [6.07, 6.45) is 9.55. The van der Waals surface area contributed by atoms with Crippen LogP contribution >= 0.6 is 0 Å². The number of fused-ring (bicyclic) bond motifs is 2. The molecular formula is C27H32N8O3. The van der Waals surface area contributed by atoms with Gasteiger partial charge in [0.25, 0.3) is 0 Å². The molecule has 0 bridgehead atoms. The second-order valence-electron chi connectivity index (χ2n) is 10.4. The van der Waals surface area contributed by atoms with Crippen LogP contribution in [0.4, 0.5) is 11.5 Å².